The second-order valence-electron chi connectivity index (χ2n) is 3.21. The lowest BCUT2D eigenvalue weighted by Gasteiger charge is -2.04. The van der Waals surface area contributed by atoms with Crippen LogP contribution in [-0.2, 0) is 11.3 Å². The SMILES string of the molecule is CC#CCCn1c(C)nc(C(=O)OC)c1N. The van der Waals surface area contributed by atoms with Crippen molar-refractivity contribution in [3.05, 3.63) is 11.5 Å². The molecule has 0 radical (unpaired) electrons. The van der Waals surface area contributed by atoms with E-state index in [9.17, 15) is 4.79 Å². The highest BCUT2D eigenvalue weighted by molar-refractivity contribution is 5.92. The largest absolute Gasteiger partial charge is 0.464 e. The van der Waals surface area contributed by atoms with E-state index < -0.39 is 5.97 Å². The number of carbonyl (C=O) groups excluding carboxylic acids is 1. The highest BCUT2D eigenvalue weighted by Gasteiger charge is 2.18. The number of aryl methyl sites for hydroxylation is 1. The standard InChI is InChI=1S/C11H15N3O2/c1-4-5-6-7-14-8(2)13-9(10(14)12)11(15)16-3/h6-7,12H2,1-3H3. The van der Waals surface area contributed by atoms with Crippen molar-refractivity contribution in [3.8, 4) is 11.8 Å². The molecular weight excluding hydrogens is 206 g/mol. The number of methoxy groups -OCH3 is 1. The van der Waals surface area contributed by atoms with Crippen LogP contribution in [0.1, 0.15) is 29.7 Å². The number of esters is 1. The van der Waals surface area contributed by atoms with E-state index in [1.165, 1.54) is 7.11 Å². The van der Waals surface area contributed by atoms with E-state index in [4.69, 9.17) is 5.73 Å². The molecule has 1 rings (SSSR count). The van der Waals surface area contributed by atoms with Crippen LogP contribution in [0.2, 0.25) is 0 Å². The summed E-state index contributed by atoms with van der Waals surface area (Å²) in [6.45, 7) is 4.20. The lowest BCUT2D eigenvalue weighted by atomic mass is 10.4. The fraction of sp³-hybridized carbons (Fsp3) is 0.455. The molecule has 1 aromatic rings. The summed E-state index contributed by atoms with van der Waals surface area (Å²) in [5, 5.41) is 0. The van der Waals surface area contributed by atoms with Crippen LogP contribution in [0.25, 0.3) is 0 Å². The smallest absolute Gasteiger partial charge is 0.360 e. The van der Waals surface area contributed by atoms with Gasteiger partial charge in [-0.25, -0.2) is 9.78 Å². The fourth-order valence-electron chi connectivity index (χ4n) is 1.40. The molecule has 0 atom stereocenters. The summed E-state index contributed by atoms with van der Waals surface area (Å²) in [5.41, 5.74) is 5.99. The fourth-order valence-corrected chi connectivity index (χ4v) is 1.40. The molecule has 0 bridgehead atoms. The van der Waals surface area contributed by atoms with Gasteiger partial charge in [-0.1, -0.05) is 0 Å². The predicted molar refractivity (Wildman–Crippen MR) is 60.8 cm³/mol. The second kappa shape index (κ2) is 5.21. The van der Waals surface area contributed by atoms with Gasteiger partial charge in [0.25, 0.3) is 0 Å². The number of imidazole rings is 1. The third kappa shape index (κ3) is 2.34. The first-order chi connectivity index (χ1) is 7.61. The van der Waals surface area contributed by atoms with Crippen molar-refractivity contribution < 1.29 is 9.53 Å². The number of hydrogen-bond donors (Lipinski definition) is 1. The van der Waals surface area contributed by atoms with Gasteiger partial charge in [0.1, 0.15) is 11.6 Å². The van der Waals surface area contributed by atoms with E-state index in [1.807, 2.05) is 0 Å². The van der Waals surface area contributed by atoms with Gasteiger partial charge in [0.05, 0.1) is 7.11 Å². The highest BCUT2D eigenvalue weighted by Crippen LogP contribution is 2.15. The van der Waals surface area contributed by atoms with Crippen LogP contribution in [0.15, 0.2) is 0 Å². The quantitative estimate of drug-likeness (QED) is 0.610. The molecule has 5 nitrogen and oxygen atoms in total. The van der Waals surface area contributed by atoms with Crippen molar-refractivity contribution in [2.45, 2.75) is 26.8 Å². The van der Waals surface area contributed by atoms with Crippen LogP contribution >= 0.6 is 0 Å². The summed E-state index contributed by atoms with van der Waals surface area (Å²) in [6, 6.07) is 0. The molecule has 0 fully saturated rings. The Labute approximate surface area is 94.6 Å². The van der Waals surface area contributed by atoms with Crippen molar-refractivity contribution in [2.24, 2.45) is 0 Å². The predicted octanol–water partition coefficient (Wildman–Crippen LogP) is 0.974. The first-order valence-electron chi connectivity index (χ1n) is 4.92. The van der Waals surface area contributed by atoms with Gasteiger partial charge in [0.15, 0.2) is 5.69 Å². The van der Waals surface area contributed by atoms with Gasteiger partial charge in [-0.3, -0.25) is 0 Å². The third-order valence-corrected chi connectivity index (χ3v) is 2.21. The highest BCUT2D eigenvalue weighted by atomic mass is 16.5. The minimum Gasteiger partial charge on any atom is -0.464 e. The summed E-state index contributed by atoms with van der Waals surface area (Å²) in [6.07, 6.45) is 0.679. The lowest BCUT2D eigenvalue weighted by molar-refractivity contribution is 0.0595. The number of anilines is 1. The lowest BCUT2D eigenvalue weighted by Crippen LogP contribution is -2.08. The summed E-state index contributed by atoms with van der Waals surface area (Å²) in [5.74, 6) is 6.25. The topological polar surface area (TPSA) is 70.1 Å². The third-order valence-electron chi connectivity index (χ3n) is 2.21. The summed E-state index contributed by atoms with van der Waals surface area (Å²) < 4.78 is 6.35. The number of nitrogens with two attached hydrogens (primary N) is 1. The molecule has 0 spiro atoms. The number of nitrogens with zero attached hydrogens (tertiary/aromatic N) is 2. The number of carbonyl (C=O) groups is 1. The average Bonchev–Trinajstić information content (AvgIpc) is 2.56. The molecule has 5 heteroatoms. The van der Waals surface area contributed by atoms with Crippen LogP contribution in [-0.4, -0.2) is 22.6 Å². The molecule has 0 saturated heterocycles. The van der Waals surface area contributed by atoms with Crippen molar-refractivity contribution in [3.63, 3.8) is 0 Å². The van der Waals surface area contributed by atoms with Gasteiger partial charge >= 0.3 is 5.97 Å². The minimum atomic E-state index is -0.513. The maximum atomic E-state index is 11.3. The van der Waals surface area contributed by atoms with Gasteiger partial charge in [0.2, 0.25) is 0 Å². The zero-order valence-corrected chi connectivity index (χ0v) is 9.70. The maximum absolute atomic E-state index is 11.3. The van der Waals surface area contributed by atoms with Crippen LogP contribution in [0, 0.1) is 18.8 Å². The van der Waals surface area contributed by atoms with E-state index in [0.717, 1.165) is 0 Å². The first-order valence-corrected chi connectivity index (χ1v) is 4.92. The Bertz CT molecular complexity index is 452. The summed E-state index contributed by atoms with van der Waals surface area (Å²) >= 11 is 0. The molecule has 86 valence electrons. The maximum Gasteiger partial charge on any atom is 0.360 e. The van der Waals surface area contributed by atoms with Crippen LogP contribution in [0.3, 0.4) is 0 Å². The number of nitrogen functional groups attached to an aromatic ring is 1. The zero-order valence-electron chi connectivity index (χ0n) is 9.70. The van der Waals surface area contributed by atoms with E-state index in [0.29, 0.717) is 24.6 Å². The molecule has 0 amide bonds. The second-order valence-corrected chi connectivity index (χ2v) is 3.21. The van der Waals surface area contributed by atoms with E-state index in [-0.39, 0.29) is 5.69 Å². The Kier molecular flexibility index (Phi) is 3.95. The molecule has 16 heavy (non-hydrogen) atoms. The van der Waals surface area contributed by atoms with Crippen molar-refractivity contribution in [2.75, 3.05) is 12.8 Å². The van der Waals surface area contributed by atoms with Gasteiger partial charge < -0.3 is 15.0 Å². The Morgan fingerprint density at radius 3 is 2.88 bits per heavy atom. The average molecular weight is 221 g/mol. The number of ether oxygens (including phenoxy) is 1. The Hall–Kier alpha value is -1.96. The zero-order chi connectivity index (χ0) is 12.1. The van der Waals surface area contributed by atoms with Crippen LogP contribution in [0.5, 0.6) is 0 Å². The van der Waals surface area contributed by atoms with Crippen LogP contribution < -0.4 is 5.73 Å². The van der Waals surface area contributed by atoms with Gasteiger partial charge in [0, 0.05) is 13.0 Å². The Morgan fingerprint density at radius 2 is 2.31 bits per heavy atom. The van der Waals surface area contributed by atoms with E-state index >= 15 is 0 Å². The summed E-state index contributed by atoms with van der Waals surface area (Å²) in [4.78, 5) is 15.4. The van der Waals surface area contributed by atoms with E-state index in [1.54, 1.807) is 18.4 Å². The Morgan fingerprint density at radius 1 is 1.62 bits per heavy atom. The van der Waals surface area contributed by atoms with Gasteiger partial charge in [-0.15, -0.1) is 11.8 Å². The molecule has 1 aromatic heterocycles. The van der Waals surface area contributed by atoms with Crippen LogP contribution in [0.4, 0.5) is 5.82 Å². The van der Waals surface area contributed by atoms with Crippen molar-refractivity contribution >= 4 is 11.8 Å². The minimum absolute atomic E-state index is 0.171. The molecule has 2 N–H and O–H groups in total. The van der Waals surface area contributed by atoms with E-state index in [2.05, 4.69) is 21.6 Å². The molecule has 0 saturated carbocycles. The van der Waals surface area contributed by atoms with Crippen molar-refractivity contribution in [1.82, 2.24) is 9.55 Å². The van der Waals surface area contributed by atoms with Gasteiger partial charge in [-0.05, 0) is 13.8 Å². The monoisotopic (exact) mass is 221 g/mol. The number of hydrogen-bond acceptors (Lipinski definition) is 4. The first kappa shape index (κ1) is 12.1. The number of aromatic nitrogens is 2. The molecule has 0 unspecified atom stereocenters. The summed E-state index contributed by atoms with van der Waals surface area (Å²) in [7, 11) is 1.30. The molecule has 1 heterocycles. The normalized spacial score (nSPS) is 9.44. The Balaban J connectivity index is 2.96. The molecule has 0 aliphatic rings. The number of rotatable bonds is 3. The van der Waals surface area contributed by atoms with Crippen molar-refractivity contribution in [1.29, 1.82) is 0 Å². The molecule has 0 aliphatic carbocycles. The molecular formula is C11H15N3O2. The molecule has 0 aliphatic heterocycles. The molecule has 0 aromatic carbocycles. The van der Waals surface area contributed by atoms with Gasteiger partial charge in [-0.2, -0.15) is 0 Å².